The van der Waals surface area contributed by atoms with Gasteiger partial charge in [0.25, 0.3) is 0 Å². The molecule has 18 heavy (non-hydrogen) atoms. The van der Waals surface area contributed by atoms with Crippen LogP contribution in [0.2, 0.25) is 0 Å². The van der Waals surface area contributed by atoms with Crippen LogP contribution in [-0.2, 0) is 6.54 Å². The molecule has 1 heterocycles. The maximum absolute atomic E-state index is 5.82. The van der Waals surface area contributed by atoms with E-state index in [1.165, 1.54) is 12.0 Å². The van der Waals surface area contributed by atoms with Gasteiger partial charge in [-0.15, -0.1) is 12.4 Å². The average molecular weight is 271 g/mol. The molecule has 0 bridgehead atoms. The monoisotopic (exact) mass is 270 g/mol. The molecule has 3 nitrogen and oxygen atoms in total. The second kappa shape index (κ2) is 6.41. The number of hydrogen-bond donors (Lipinski definition) is 1. The van der Waals surface area contributed by atoms with E-state index in [0.717, 1.165) is 31.9 Å². The highest BCUT2D eigenvalue weighted by Crippen LogP contribution is 2.29. The Morgan fingerprint density at radius 3 is 2.83 bits per heavy atom. The Balaban J connectivity index is 0.00000162. The first-order valence-corrected chi connectivity index (χ1v) is 6.20. The van der Waals surface area contributed by atoms with E-state index in [1.54, 1.807) is 7.11 Å². The lowest BCUT2D eigenvalue weighted by Gasteiger charge is -2.22. The van der Waals surface area contributed by atoms with Crippen molar-refractivity contribution in [1.82, 2.24) is 4.90 Å². The summed E-state index contributed by atoms with van der Waals surface area (Å²) < 4.78 is 5.24. The normalized spacial score (nSPS) is 23.7. The van der Waals surface area contributed by atoms with E-state index in [1.807, 2.05) is 12.1 Å². The second-order valence-corrected chi connectivity index (χ2v) is 5.33. The smallest absolute Gasteiger partial charge is 0.119 e. The van der Waals surface area contributed by atoms with Gasteiger partial charge in [-0.3, -0.25) is 4.90 Å². The number of halogens is 1. The third-order valence-electron chi connectivity index (χ3n) is 3.67. The summed E-state index contributed by atoms with van der Waals surface area (Å²) in [6, 6.07) is 8.29. The van der Waals surface area contributed by atoms with Gasteiger partial charge in [-0.05, 0) is 42.6 Å². The summed E-state index contributed by atoms with van der Waals surface area (Å²) >= 11 is 0. The van der Waals surface area contributed by atoms with Gasteiger partial charge in [0.15, 0.2) is 0 Å². The molecule has 1 aliphatic rings. The van der Waals surface area contributed by atoms with Crippen molar-refractivity contribution in [3.05, 3.63) is 29.8 Å². The van der Waals surface area contributed by atoms with Gasteiger partial charge in [0, 0.05) is 13.1 Å². The van der Waals surface area contributed by atoms with Gasteiger partial charge in [0.1, 0.15) is 5.75 Å². The van der Waals surface area contributed by atoms with Gasteiger partial charge < -0.3 is 10.5 Å². The van der Waals surface area contributed by atoms with Crippen molar-refractivity contribution in [3.63, 3.8) is 0 Å². The second-order valence-electron chi connectivity index (χ2n) is 5.33. The summed E-state index contributed by atoms with van der Waals surface area (Å²) in [6.07, 6.45) is 1.20. The number of nitrogens with two attached hydrogens (primary N) is 1. The van der Waals surface area contributed by atoms with Crippen LogP contribution in [0.5, 0.6) is 5.75 Å². The molecule has 1 aromatic carbocycles. The first-order valence-electron chi connectivity index (χ1n) is 6.20. The van der Waals surface area contributed by atoms with E-state index in [2.05, 4.69) is 24.0 Å². The summed E-state index contributed by atoms with van der Waals surface area (Å²) in [6.45, 7) is 6.29. The van der Waals surface area contributed by atoms with Crippen LogP contribution in [0, 0.1) is 5.41 Å². The third kappa shape index (κ3) is 3.61. The van der Waals surface area contributed by atoms with E-state index in [9.17, 15) is 0 Å². The van der Waals surface area contributed by atoms with E-state index < -0.39 is 0 Å². The zero-order chi connectivity index (χ0) is 12.3. The van der Waals surface area contributed by atoms with Crippen LogP contribution < -0.4 is 10.5 Å². The van der Waals surface area contributed by atoms with Crippen LogP contribution in [0.1, 0.15) is 18.9 Å². The van der Waals surface area contributed by atoms with E-state index in [-0.39, 0.29) is 12.4 Å². The molecule has 1 aliphatic heterocycles. The number of hydrogen-bond acceptors (Lipinski definition) is 3. The van der Waals surface area contributed by atoms with Crippen LogP contribution in [0.25, 0.3) is 0 Å². The maximum atomic E-state index is 5.82. The Bertz CT molecular complexity index is 386. The van der Waals surface area contributed by atoms with Gasteiger partial charge in [0.2, 0.25) is 0 Å². The molecule has 2 N–H and O–H groups in total. The molecule has 0 amide bonds. The molecular weight excluding hydrogens is 248 g/mol. The fraction of sp³-hybridized carbons (Fsp3) is 0.571. The largest absolute Gasteiger partial charge is 0.497 e. The van der Waals surface area contributed by atoms with Gasteiger partial charge >= 0.3 is 0 Å². The molecule has 4 heteroatoms. The molecule has 0 radical (unpaired) electrons. The number of likely N-dealkylation sites (tertiary alicyclic amines) is 1. The standard InChI is InChI=1S/C14H22N2O.ClH/c1-14(10-15)6-7-16(11-14)9-12-4-3-5-13(8-12)17-2;/h3-5,8H,6-7,9-11,15H2,1-2H3;1H. The van der Waals surface area contributed by atoms with Crippen LogP contribution >= 0.6 is 12.4 Å². The van der Waals surface area contributed by atoms with E-state index >= 15 is 0 Å². The van der Waals surface area contributed by atoms with E-state index in [0.29, 0.717) is 5.41 Å². The van der Waals surface area contributed by atoms with Crippen LogP contribution in [0.15, 0.2) is 24.3 Å². The molecule has 1 atom stereocenters. The molecule has 2 rings (SSSR count). The summed E-state index contributed by atoms with van der Waals surface area (Å²) in [4.78, 5) is 2.47. The number of ether oxygens (including phenoxy) is 1. The van der Waals surface area contributed by atoms with Crippen molar-refractivity contribution >= 4 is 12.4 Å². The molecule has 0 aromatic heterocycles. The molecule has 0 saturated carbocycles. The first kappa shape index (κ1) is 15.3. The van der Waals surface area contributed by atoms with Crippen LogP contribution in [-0.4, -0.2) is 31.6 Å². The minimum absolute atomic E-state index is 0. The fourth-order valence-corrected chi connectivity index (χ4v) is 2.46. The number of rotatable bonds is 4. The summed E-state index contributed by atoms with van der Waals surface area (Å²) in [5.74, 6) is 0.934. The topological polar surface area (TPSA) is 38.5 Å². The predicted molar refractivity (Wildman–Crippen MR) is 77.3 cm³/mol. The number of nitrogens with zero attached hydrogens (tertiary/aromatic N) is 1. The molecule has 0 aliphatic carbocycles. The van der Waals surface area contributed by atoms with Crippen LogP contribution in [0.4, 0.5) is 0 Å². The molecule has 1 fully saturated rings. The highest BCUT2D eigenvalue weighted by molar-refractivity contribution is 5.85. The molecule has 1 unspecified atom stereocenters. The third-order valence-corrected chi connectivity index (χ3v) is 3.67. The predicted octanol–water partition coefficient (Wildman–Crippen LogP) is 2.29. The molecular formula is C14H23ClN2O. The fourth-order valence-electron chi connectivity index (χ4n) is 2.46. The summed E-state index contributed by atoms with van der Waals surface area (Å²) in [5.41, 5.74) is 7.44. The first-order chi connectivity index (χ1) is 8.15. The lowest BCUT2D eigenvalue weighted by Crippen LogP contribution is -2.31. The Hall–Kier alpha value is -0.770. The van der Waals surface area contributed by atoms with Crippen molar-refractivity contribution in [2.75, 3.05) is 26.7 Å². The number of methoxy groups -OCH3 is 1. The SMILES string of the molecule is COc1cccc(CN2CCC(C)(CN)C2)c1.Cl. The highest BCUT2D eigenvalue weighted by Gasteiger charge is 2.32. The van der Waals surface area contributed by atoms with E-state index in [4.69, 9.17) is 10.5 Å². The van der Waals surface area contributed by atoms with Gasteiger partial charge in [-0.1, -0.05) is 19.1 Å². The lowest BCUT2D eigenvalue weighted by atomic mass is 9.90. The zero-order valence-corrected chi connectivity index (χ0v) is 12.0. The average Bonchev–Trinajstić information content (AvgIpc) is 2.72. The summed E-state index contributed by atoms with van der Waals surface area (Å²) in [7, 11) is 1.71. The van der Waals surface area contributed by atoms with Gasteiger partial charge in [0.05, 0.1) is 7.11 Å². The van der Waals surface area contributed by atoms with Crippen molar-refractivity contribution in [3.8, 4) is 5.75 Å². The molecule has 1 aromatic rings. The Morgan fingerprint density at radius 1 is 1.44 bits per heavy atom. The zero-order valence-electron chi connectivity index (χ0n) is 11.2. The van der Waals surface area contributed by atoms with Gasteiger partial charge in [-0.25, -0.2) is 0 Å². The Labute approximate surface area is 116 Å². The minimum atomic E-state index is 0. The van der Waals surface area contributed by atoms with Crippen molar-refractivity contribution in [1.29, 1.82) is 0 Å². The Morgan fingerprint density at radius 2 is 2.22 bits per heavy atom. The molecule has 0 spiro atoms. The Kier molecular flexibility index (Phi) is 5.45. The minimum Gasteiger partial charge on any atom is -0.497 e. The quantitative estimate of drug-likeness (QED) is 0.912. The molecule has 1 saturated heterocycles. The highest BCUT2D eigenvalue weighted by atomic mass is 35.5. The van der Waals surface area contributed by atoms with Gasteiger partial charge in [-0.2, -0.15) is 0 Å². The molecule has 102 valence electrons. The van der Waals surface area contributed by atoms with Crippen molar-refractivity contribution in [2.45, 2.75) is 19.9 Å². The van der Waals surface area contributed by atoms with Crippen molar-refractivity contribution < 1.29 is 4.74 Å². The van der Waals surface area contributed by atoms with Crippen molar-refractivity contribution in [2.24, 2.45) is 11.1 Å². The van der Waals surface area contributed by atoms with Crippen LogP contribution in [0.3, 0.4) is 0 Å². The maximum Gasteiger partial charge on any atom is 0.119 e. The number of benzene rings is 1. The summed E-state index contributed by atoms with van der Waals surface area (Å²) in [5, 5.41) is 0. The lowest BCUT2D eigenvalue weighted by molar-refractivity contribution is 0.274.